The zero-order valence-electron chi connectivity index (χ0n) is 5.57. The molecule has 2 unspecified atom stereocenters. The summed E-state index contributed by atoms with van der Waals surface area (Å²) in [5.74, 6) is -0.445. The van der Waals surface area contributed by atoms with Crippen LogP contribution >= 0.6 is 0 Å². The molecule has 0 spiro atoms. The molecule has 4 nitrogen and oxygen atoms in total. The number of esters is 1. The van der Waals surface area contributed by atoms with E-state index in [0.717, 1.165) is 0 Å². The predicted octanol–water partition coefficient (Wildman–Crippen LogP) is -0.137. The molecule has 0 N–H and O–H groups in total. The van der Waals surface area contributed by atoms with E-state index in [0.29, 0.717) is 6.42 Å². The number of carbonyl (C=O) groups excluding carboxylic acids is 2. The van der Waals surface area contributed by atoms with Crippen LogP contribution in [0.25, 0.3) is 0 Å². The van der Waals surface area contributed by atoms with Gasteiger partial charge in [-0.15, -0.1) is 0 Å². The summed E-state index contributed by atoms with van der Waals surface area (Å²) >= 11 is 0. The van der Waals surface area contributed by atoms with Crippen LogP contribution in [0.15, 0.2) is 0 Å². The Kier molecular flexibility index (Phi) is 1.89. The lowest BCUT2D eigenvalue weighted by Gasteiger charge is -1.99. The monoisotopic (exact) mass is 144 g/mol. The highest BCUT2D eigenvalue weighted by Gasteiger charge is 2.32. The molecule has 56 valence electrons. The molecular weight excluding hydrogens is 136 g/mol. The molecule has 1 saturated heterocycles. The Hall–Kier alpha value is -1.06. The van der Waals surface area contributed by atoms with Gasteiger partial charge in [-0.05, 0) is 6.92 Å². The van der Waals surface area contributed by atoms with Gasteiger partial charge >= 0.3 is 5.97 Å². The van der Waals surface area contributed by atoms with Crippen LogP contribution in [0, 0.1) is 0 Å². The number of ether oxygens (including phenoxy) is 2. The molecule has 2 atom stereocenters. The van der Waals surface area contributed by atoms with Crippen LogP contribution in [0.3, 0.4) is 0 Å². The van der Waals surface area contributed by atoms with Gasteiger partial charge in [0.15, 0.2) is 0 Å². The maximum Gasteiger partial charge on any atom is 0.347 e. The van der Waals surface area contributed by atoms with E-state index >= 15 is 0 Å². The molecule has 0 aromatic carbocycles. The summed E-state index contributed by atoms with van der Waals surface area (Å²) in [5.41, 5.74) is 0. The Morgan fingerprint density at radius 2 is 2.50 bits per heavy atom. The summed E-state index contributed by atoms with van der Waals surface area (Å²) in [6, 6.07) is 0. The van der Waals surface area contributed by atoms with Crippen LogP contribution in [0.4, 0.5) is 0 Å². The summed E-state index contributed by atoms with van der Waals surface area (Å²) in [6.45, 7) is 2.02. The first-order valence-electron chi connectivity index (χ1n) is 3.03. The Morgan fingerprint density at radius 3 is 2.90 bits per heavy atom. The first kappa shape index (κ1) is 7.05. The predicted molar refractivity (Wildman–Crippen MR) is 31.1 cm³/mol. The molecule has 1 rings (SSSR count). The van der Waals surface area contributed by atoms with Crippen molar-refractivity contribution in [3.63, 3.8) is 0 Å². The van der Waals surface area contributed by atoms with Crippen LogP contribution in [0.1, 0.15) is 13.3 Å². The van der Waals surface area contributed by atoms with E-state index in [1.165, 1.54) is 0 Å². The highest BCUT2D eigenvalue weighted by atomic mass is 16.6. The van der Waals surface area contributed by atoms with Crippen molar-refractivity contribution >= 4 is 12.4 Å². The normalized spacial score (nSPS) is 31.5. The largest absolute Gasteiger partial charge is 0.460 e. The van der Waals surface area contributed by atoms with Crippen molar-refractivity contribution in [2.45, 2.75) is 25.6 Å². The van der Waals surface area contributed by atoms with Gasteiger partial charge in [0.2, 0.25) is 6.10 Å². The van der Waals surface area contributed by atoms with Gasteiger partial charge in [0.25, 0.3) is 6.47 Å². The minimum atomic E-state index is -0.674. The fourth-order valence-corrected chi connectivity index (χ4v) is 0.898. The third-order valence-corrected chi connectivity index (χ3v) is 1.35. The summed E-state index contributed by atoms with van der Waals surface area (Å²) in [4.78, 5) is 20.5. The third-order valence-electron chi connectivity index (χ3n) is 1.35. The van der Waals surface area contributed by atoms with Crippen molar-refractivity contribution in [2.24, 2.45) is 0 Å². The molecule has 0 aromatic rings. The van der Waals surface area contributed by atoms with Crippen molar-refractivity contribution in [2.75, 3.05) is 0 Å². The van der Waals surface area contributed by atoms with E-state index in [-0.39, 0.29) is 12.6 Å². The van der Waals surface area contributed by atoms with Gasteiger partial charge in [0.1, 0.15) is 6.10 Å². The standard InChI is InChI=1S/C6H8O4/c1-4-2-5(9-3-7)6(8)10-4/h3-5H,2H2,1H3. The fraction of sp³-hybridized carbons (Fsp3) is 0.667. The zero-order valence-corrected chi connectivity index (χ0v) is 5.57. The summed E-state index contributed by atoms with van der Waals surface area (Å²) in [6.07, 6.45) is -0.331. The molecule has 4 heteroatoms. The lowest BCUT2D eigenvalue weighted by molar-refractivity contribution is -0.154. The third kappa shape index (κ3) is 1.26. The molecule has 1 heterocycles. The molecule has 0 bridgehead atoms. The van der Waals surface area contributed by atoms with E-state index in [9.17, 15) is 9.59 Å². The molecule has 1 fully saturated rings. The Labute approximate surface area is 58.1 Å². The minimum absolute atomic E-state index is 0.127. The molecule has 0 aliphatic carbocycles. The van der Waals surface area contributed by atoms with Crippen molar-refractivity contribution in [3.05, 3.63) is 0 Å². The van der Waals surface area contributed by atoms with E-state index in [1.807, 2.05) is 0 Å². The lowest BCUT2D eigenvalue weighted by Crippen LogP contribution is -2.17. The number of carbonyl (C=O) groups is 2. The smallest absolute Gasteiger partial charge is 0.347 e. The fourth-order valence-electron chi connectivity index (χ4n) is 0.898. The van der Waals surface area contributed by atoms with Crippen molar-refractivity contribution in [1.82, 2.24) is 0 Å². The van der Waals surface area contributed by atoms with E-state index in [2.05, 4.69) is 4.74 Å². The Bertz CT molecular complexity index is 154. The molecule has 1 aliphatic heterocycles. The molecule has 0 saturated carbocycles. The van der Waals surface area contributed by atoms with Gasteiger partial charge in [0, 0.05) is 6.42 Å². The zero-order chi connectivity index (χ0) is 7.56. The van der Waals surface area contributed by atoms with Crippen LogP contribution in [0.2, 0.25) is 0 Å². The van der Waals surface area contributed by atoms with Crippen LogP contribution in [-0.2, 0) is 19.1 Å². The van der Waals surface area contributed by atoms with Gasteiger partial charge < -0.3 is 9.47 Å². The number of cyclic esters (lactones) is 1. The highest BCUT2D eigenvalue weighted by molar-refractivity contribution is 5.77. The lowest BCUT2D eigenvalue weighted by atomic mass is 10.2. The van der Waals surface area contributed by atoms with Gasteiger partial charge in [-0.3, -0.25) is 4.79 Å². The SMILES string of the molecule is CC1CC(OC=O)C(=O)O1. The summed E-state index contributed by atoms with van der Waals surface area (Å²) < 4.78 is 9.13. The average molecular weight is 144 g/mol. The summed E-state index contributed by atoms with van der Waals surface area (Å²) in [5, 5.41) is 0. The highest BCUT2D eigenvalue weighted by Crippen LogP contribution is 2.15. The van der Waals surface area contributed by atoms with Crippen molar-refractivity contribution in [1.29, 1.82) is 0 Å². The molecule has 0 amide bonds. The Balaban J connectivity index is 2.46. The topological polar surface area (TPSA) is 52.6 Å². The van der Waals surface area contributed by atoms with Crippen LogP contribution in [-0.4, -0.2) is 24.6 Å². The number of hydrogen-bond donors (Lipinski definition) is 0. The molecule has 0 aromatic heterocycles. The first-order chi connectivity index (χ1) is 4.74. The van der Waals surface area contributed by atoms with Crippen molar-refractivity contribution < 1.29 is 19.1 Å². The number of rotatable bonds is 2. The second-order valence-electron chi connectivity index (χ2n) is 2.20. The maximum absolute atomic E-state index is 10.7. The second kappa shape index (κ2) is 2.68. The van der Waals surface area contributed by atoms with Crippen molar-refractivity contribution in [3.8, 4) is 0 Å². The quantitative estimate of drug-likeness (QED) is 0.400. The van der Waals surface area contributed by atoms with Gasteiger partial charge in [0.05, 0.1) is 0 Å². The second-order valence-corrected chi connectivity index (χ2v) is 2.20. The molecule has 1 aliphatic rings. The first-order valence-corrected chi connectivity index (χ1v) is 3.03. The van der Waals surface area contributed by atoms with E-state index in [4.69, 9.17) is 4.74 Å². The van der Waals surface area contributed by atoms with E-state index < -0.39 is 12.1 Å². The van der Waals surface area contributed by atoms with Gasteiger partial charge in [-0.1, -0.05) is 0 Å². The van der Waals surface area contributed by atoms with Gasteiger partial charge in [-0.25, -0.2) is 4.79 Å². The Morgan fingerprint density at radius 1 is 1.80 bits per heavy atom. The average Bonchev–Trinajstić information content (AvgIpc) is 2.13. The minimum Gasteiger partial charge on any atom is -0.460 e. The van der Waals surface area contributed by atoms with Crippen LogP contribution in [0.5, 0.6) is 0 Å². The molecule has 0 radical (unpaired) electrons. The van der Waals surface area contributed by atoms with Gasteiger partial charge in [-0.2, -0.15) is 0 Å². The number of hydrogen-bond acceptors (Lipinski definition) is 4. The van der Waals surface area contributed by atoms with E-state index in [1.54, 1.807) is 6.92 Å². The molecule has 10 heavy (non-hydrogen) atoms. The van der Waals surface area contributed by atoms with Crippen LogP contribution < -0.4 is 0 Å². The molecular formula is C6H8O4. The summed E-state index contributed by atoms with van der Waals surface area (Å²) in [7, 11) is 0. The maximum atomic E-state index is 10.7.